The lowest BCUT2D eigenvalue weighted by molar-refractivity contribution is 0.180. The van der Waals surface area contributed by atoms with E-state index in [-0.39, 0.29) is 23.4 Å². The van der Waals surface area contributed by atoms with E-state index in [4.69, 9.17) is 19.5 Å². The molecule has 0 unspecified atom stereocenters. The Bertz CT molecular complexity index is 343. The molecular weight excluding hydrogens is 202 g/mol. The maximum Gasteiger partial charge on any atom is 0.488 e. The Balaban J connectivity index is 3.19. The van der Waals surface area contributed by atoms with E-state index in [0.717, 1.165) is 0 Å². The van der Waals surface area contributed by atoms with Crippen molar-refractivity contribution in [3.63, 3.8) is 0 Å². The van der Waals surface area contributed by atoms with Gasteiger partial charge in [0.25, 0.3) is 0 Å². The molecule has 0 aromatic heterocycles. The molecule has 15 heavy (non-hydrogen) atoms. The summed E-state index contributed by atoms with van der Waals surface area (Å²) in [5.41, 5.74) is 0.389. The SMILES string of the molecule is COCc1cc(B(O)O)cc(OC)c1F. The van der Waals surface area contributed by atoms with Crippen molar-refractivity contribution in [2.75, 3.05) is 14.2 Å². The first kappa shape index (κ1) is 12.0. The average Bonchev–Trinajstić information content (AvgIpc) is 2.21. The van der Waals surface area contributed by atoms with E-state index in [1.165, 1.54) is 26.4 Å². The fourth-order valence-corrected chi connectivity index (χ4v) is 1.24. The predicted molar refractivity (Wildman–Crippen MR) is 53.5 cm³/mol. The predicted octanol–water partition coefficient (Wildman–Crippen LogP) is -0.340. The van der Waals surface area contributed by atoms with E-state index in [1.807, 2.05) is 0 Å². The second-order valence-electron chi connectivity index (χ2n) is 3.00. The number of hydrogen-bond acceptors (Lipinski definition) is 4. The van der Waals surface area contributed by atoms with Crippen LogP contribution in [0.1, 0.15) is 5.56 Å². The van der Waals surface area contributed by atoms with Gasteiger partial charge in [0.15, 0.2) is 11.6 Å². The first-order valence-electron chi connectivity index (χ1n) is 4.31. The summed E-state index contributed by atoms with van der Waals surface area (Å²) in [6.07, 6.45) is 0. The van der Waals surface area contributed by atoms with E-state index in [2.05, 4.69) is 0 Å². The molecule has 82 valence electrons. The number of benzene rings is 1. The lowest BCUT2D eigenvalue weighted by Gasteiger charge is -2.10. The van der Waals surface area contributed by atoms with Crippen LogP contribution in [0, 0.1) is 5.82 Å². The first-order valence-corrected chi connectivity index (χ1v) is 4.31. The fourth-order valence-electron chi connectivity index (χ4n) is 1.24. The second-order valence-corrected chi connectivity index (χ2v) is 3.00. The molecule has 0 atom stereocenters. The molecule has 0 bridgehead atoms. The Morgan fingerprint density at radius 2 is 2.00 bits per heavy atom. The van der Waals surface area contributed by atoms with Crippen molar-refractivity contribution in [1.82, 2.24) is 0 Å². The van der Waals surface area contributed by atoms with Gasteiger partial charge in [0.1, 0.15) is 0 Å². The molecular formula is C9H12BFO4. The highest BCUT2D eigenvalue weighted by Crippen LogP contribution is 2.19. The van der Waals surface area contributed by atoms with Crippen LogP contribution in [0.5, 0.6) is 5.75 Å². The second kappa shape index (κ2) is 5.11. The highest BCUT2D eigenvalue weighted by atomic mass is 19.1. The van der Waals surface area contributed by atoms with Crippen molar-refractivity contribution >= 4 is 12.6 Å². The van der Waals surface area contributed by atoms with Crippen LogP contribution >= 0.6 is 0 Å². The molecule has 4 nitrogen and oxygen atoms in total. The monoisotopic (exact) mass is 214 g/mol. The molecule has 0 aliphatic carbocycles. The van der Waals surface area contributed by atoms with E-state index >= 15 is 0 Å². The zero-order valence-corrected chi connectivity index (χ0v) is 8.53. The van der Waals surface area contributed by atoms with Gasteiger partial charge in [-0.25, -0.2) is 4.39 Å². The van der Waals surface area contributed by atoms with Gasteiger partial charge in [0.2, 0.25) is 0 Å². The van der Waals surface area contributed by atoms with Crippen molar-refractivity contribution in [2.24, 2.45) is 0 Å². The summed E-state index contributed by atoms with van der Waals surface area (Å²) in [5, 5.41) is 17.9. The van der Waals surface area contributed by atoms with Gasteiger partial charge < -0.3 is 19.5 Å². The molecule has 0 saturated heterocycles. The van der Waals surface area contributed by atoms with Crippen LogP contribution in [-0.2, 0) is 11.3 Å². The van der Waals surface area contributed by atoms with Crippen molar-refractivity contribution < 1.29 is 23.9 Å². The molecule has 0 aliphatic heterocycles. The Kier molecular flexibility index (Phi) is 4.08. The van der Waals surface area contributed by atoms with Gasteiger partial charge in [0, 0.05) is 12.7 Å². The molecule has 0 spiro atoms. The van der Waals surface area contributed by atoms with Crippen LogP contribution in [0.2, 0.25) is 0 Å². The lowest BCUT2D eigenvalue weighted by atomic mass is 9.79. The number of halogens is 1. The molecule has 0 aliphatic rings. The standard InChI is InChI=1S/C9H12BFO4/c1-14-5-6-3-7(10(12)13)4-8(15-2)9(6)11/h3-4,12-13H,5H2,1-2H3. The van der Waals surface area contributed by atoms with E-state index in [1.54, 1.807) is 0 Å². The van der Waals surface area contributed by atoms with Crippen molar-refractivity contribution in [1.29, 1.82) is 0 Å². The van der Waals surface area contributed by atoms with Gasteiger partial charge in [-0.3, -0.25) is 0 Å². The molecule has 6 heteroatoms. The molecule has 0 radical (unpaired) electrons. The smallest absolute Gasteiger partial charge is 0.488 e. The van der Waals surface area contributed by atoms with E-state index in [0.29, 0.717) is 0 Å². The first-order chi connectivity index (χ1) is 7.10. The van der Waals surface area contributed by atoms with Crippen molar-refractivity contribution in [3.8, 4) is 5.75 Å². The van der Waals surface area contributed by atoms with Gasteiger partial charge in [-0.2, -0.15) is 0 Å². The van der Waals surface area contributed by atoms with Crippen LogP contribution in [0.15, 0.2) is 12.1 Å². The van der Waals surface area contributed by atoms with E-state index in [9.17, 15) is 4.39 Å². The molecule has 0 amide bonds. The van der Waals surface area contributed by atoms with Crippen LogP contribution in [0.4, 0.5) is 4.39 Å². The topological polar surface area (TPSA) is 58.9 Å². The summed E-state index contributed by atoms with van der Waals surface area (Å²) < 4.78 is 23.1. The fraction of sp³-hybridized carbons (Fsp3) is 0.333. The van der Waals surface area contributed by atoms with Gasteiger partial charge >= 0.3 is 7.12 Å². The Hall–Kier alpha value is -1.11. The number of methoxy groups -OCH3 is 2. The van der Waals surface area contributed by atoms with Crippen LogP contribution < -0.4 is 10.2 Å². The molecule has 1 aromatic rings. The summed E-state index contributed by atoms with van der Waals surface area (Å²) in [7, 11) is 1.08. The van der Waals surface area contributed by atoms with Gasteiger partial charge in [-0.05, 0) is 11.5 Å². The van der Waals surface area contributed by atoms with Gasteiger partial charge in [0.05, 0.1) is 13.7 Å². The molecule has 1 rings (SSSR count). The van der Waals surface area contributed by atoms with Crippen LogP contribution in [0.25, 0.3) is 0 Å². The minimum atomic E-state index is -1.66. The largest absolute Gasteiger partial charge is 0.494 e. The minimum Gasteiger partial charge on any atom is -0.494 e. The Morgan fingerprint density at radius 3 is 2.47 bits per heavy atom. The zero-order valence-electron chi connectivity index (χ0n) is 8.53. The van der Waals surface area contributed by atoms with Crippen molar-refractivity contribution in [3.05, 3.63) is 23.5 Å². The third-order valence-electron chi connectivity index (χ3n) is 1.95. The summed E-state index contributed by atoms with van der Waals surface area (Å²) >= 11 is 0. The minimum absolute atomic E-state index is 0.0346. The van der Waals surface area contributed by atoms with E-state index < -0.39 is 12.9 Å². The molecule has 1 aromatic carbocycles. The van der Waals surface area contributed by atoms with Crippen LogP contribution in [-0.4, -0.2) is 31.4 Å². The Morgan fingerprint density at radius 1 is 1.33 bits per heavy atom. The quantitative estimate of drug-likeness (QED) is 0.673. The summed E-state index contributed by atoms with van der Waals surface area (Å²) in [6, 6.07) is 2.56. The molecule has 0 heterocycles. The third-order valence-corrected chi connectivity index (χ3v) is 1.95. The molecule has 0 saturated carbocycles. The molecule has 0 fully saturated rings. The van der Waals surface area contributed by atoms with Crippen LogP contribution in [0.3, 0.4) is 0 Å². The number of ether oxygens (including phenoxy) is 2. The van der Waals surface area contributed by atoms with Gasteiger partial charge in [-0.1, -0.05) is 6.07 Å². The third kappa shape index (κ3) is 2.68. The maximum absolute atomic E-state index is 13.5. The highest BCUT2D eigenvalue weighted by molar-refractivity contribution is 6.58. The summed E-state index contributed by atoms with van der Waals surface area (Å²) in [5.74, 6) is -0.587. The van der Waals surface area contributed by atoms with Gasteiger partial charge in [-0.15, -0.1) is 0 Å². The number of hydrogen-bond donors (Lipinski definition) is 2. The lowest BCUT2D eigenvalue weighted by Crippen LogP contribution is -2.30. The Labute approximate surface area is 87.4 Å². The summed E-state index contributed by atoms with van der Waals surface area (Å²) in [6.45, 7) is 0.0444. The summed E-state index contributed by atoms with van der Waals surface area (Å²) in [4.78, 5) is 0. The highest BCUT2D eigenvalue weighted by Gasteiger charge is 2.17. The average molecular weight is 214 g/mol. The molecule has 2 N–H and O–H groups in total. The number of rotatable bonds is 4. The normalized spacial score (nSPS) is 10.2. The zero-order chi connectivity index (χ0) is 11.4. The maximum atomic E-state index is 13.5. The van der Waals surface area contributed by atoms with Crippen molar-refractivity contribution in [2.45, 2.75) is 6.61 Å².